The average Bonchev–Trinajstić information content (AvgIpc) is 3.35. The number of pyridine rings is 1. The third kappa shape index (κ3) is 5.31. The van der Waals surface area contributed by atoms with E-state index in [-0.39, 0.29) is 36.6 Å². The number of piperidine rings is 1. The number of ether oxygens (including phenoxy) is 1. The number of carbonyl (C=O) groups is 2. The van der Waals surface area contributed by atoms with Gasteiger partial charge in [0.25, 0.3) is 11.5 Å². The van der Waals surface area contributed by atoms with Crippen molar-refractivity contribution in [2.24, 2.45) is 0 Å². The van der Waals surface area contributed by atoms with Crippen LogP contribution in [0.3, 0.4) is 0 Å². The van der Waals surface area contributed by atoms with Crippen LogP contribution in [0.1, 0.15) is 62.5 Å². The fraction of sp³-hybridized carbons (Fsp3) is 0.536. The number of likely N-dealkylation sites (tertiary alicyclic amines) is 2. The van der Waals surface area contributed by atoms with E-state index >= 15 is 4.39 Å². The first-order chi connectivity index (χ1) is 18.8. The zero-order valence-corrected chi connectivity index (χ0v) is 24.9. The monoisotopic (exact) mass is 670 g/mol. The first kappa shape index (κ1) is 28.8. The Morgan fingerprint density at radius 3 is 2.55 bits per heavy atom. The number of carbonyl (C=O) groups excluding carboxylic acids is 2. The molecule has 5 rings (SSSR count). The molecule has 1 aromatic carbocycles. The lowest BCUT2D eigenvalue weighted by molar-refractivity contribution is -0.137. The minimum absolute atomic E-state index is 0.0396. The number of amides is 2. The molecule has 2 amide bonds. The Kier molecular flexibility index (Phi) is 7.62. The van der Waals surface area contributed by atoms with E-state index < -0.39 is 46.4 Å². The number of rotatable bonds is 4. The first-order valence-corrected chi connectivity index (χ1v) is 14.6. The van der Waals surface area contributed by atoms with E-state index in [2.05, 4.69) is 5.32 Å². The van der Waals surface area contributed by atoms with Crippen molar-refractivity contribution in [3.63, 3.8) is 0 Å². The first-order valence-electron chi connectivity index (χ1n) is 13.5. The van der Waals surface area contributed by atoms with Crippen molar-refractivity contribution in [2.75, 3.05) is 25.0 Å². The molecule has 40 heavy (non-hydrogen) atoms. The van der Waals surface area contributed by atoms with Crippen molar-refractivity contribution in [2.45, 2.75) is 76.7 Å². The van der Waals surface area contributed by atoms with Gasteiger partial charge in [-0.3, -0.25) is 9.59 Å². The smallest absolute Gasteiger partial charge is 0.410 e. The van der Waals surface area contributed by atoms with Crippen LogP contribution in [-0.4, -0.2) is 68.4 Å². The Morgan fingerprint density at radius 2 is 1.88 bits per heavy atom. The summed E-state index contributed by atoms with van der Waals surface area (Å²) >= 11 is 1.95. The van der Waals surface area contributed by atoms with Crippen molar-refractivity contribution in [3.05, 3.63) is 55.0 Å². The van der Waals surface area contributed by atoms with Crippen LogP contribution in [0.5, 0.6) is 0 Å². The average molecular weight is 670 g/mol. The topological polar surface area (TPSA) is 104 Å². The number of halogens is 3. The summed E-state index contributed by atoms with van der Waals surface area (Å²) in [5.41, 5.74) is -3.02. The Morgan fingerprint density at radius 1 is 1.15 bits per heavy atom. The molecule has 3 aliphatic rings. The summed E-state index contributed by atoms with van der Waals surface area (Å²) in [7, 11) is 0. The van der Waals surface area contributed by atoms with E-state index in [1.54, 1.807) is 31.7 Å². The lowest BCUT2D eigenvalue weighted by Gasteiger charge is -2.54. The van der Waals surface area contributed by atoms with E-state index in [9.17, 15) is 23.9 Å². The minimum atomic E-state index is -1.36. The molecule has 9 nitrogen and oxygen atoms in total. The molecular formula is C28H33F2IN4O5. The van der Waals surface area contributed by atoms with Gasteiger partial charge in [-0.05, 0) is 93.7 Å². The van der Waals surface area contributed by atoms with Gasteiger partial charge in [0.05, 0.1) is 36.1 Å². The Hall–Kier alpha value is -2.74. The second kappa shape index (κ2) is 10.6. The van der Waals surface area contributed by atoms with Crippen molar-refractivity contribution >= 4 is 46.0 Å². The number of fused-ring (bicyclic) bond motifs is 1. The minimum Gasteiger partial charge on any atom is -0.444 e. The van der Waals surface area contributed by atoms with Crippen molar-refractivity contribution < 1.29 is 28.2 Å². The maximum absolute atomic E-state index is 15.5. The number of anilines is 2. The number of nitrogens with zero attached hydrogens (tertiary/aromatic N) is 3. The van der Waals surface area contributed by atoms with Gasteiger partial charge in [-0.1, -0.05) is 0 Å². The maximum atomic E-state index is 15.5. The van der Waals surface area contributed by atoms with Crippen LogP contribution in [0, 0.1) is 15.2 Å². The number of hydrogen-bond donors (Lipinski definition) is 2. The lowest BCUT2D eigenvalue weighted by Crippen LogP contribution is -2.73. The highest BCUT2D eigenvalue weighted by Gasteiger charge is 2.54. The van der Waals surface area contributed by atoms with Crippen LogP contribution < -0.4 is 10.9 Å². The lowest BCUT2D eigenvalue weighted by atomic mass is 9.80. The summed E-state index contributed by atoms with van der Waals surface area (Å²) in [6, 6.07) is 3.77. The third-order valence-electron chi connectivity index (χ3n) is 7.68. The fourth-order valence-electron chi connectivity index (χ4n) is 5.87. The molecule has 0 aliphatic carbocycles. The molecule has 2 N–H and O–H groups in total. The molecule has 3 aliphatic heterocycles. The van der Waals surface area contributed by atoms with Gasteiger partial charge >= 0.3 is 6.09 Å². The molecule has 2 fully saturated rings. The predicted octanol–water partition coefficient (Wildman–Crippen LogP) is 4.40. The zero-order valence-electron chi connectivity index (χ0n) is 22.7. The van der Waals surface area contributed by atoms with Crippen molar-refractivity contribution in [3.8, 4) is 0 Å². The molecular weight excluding hydrogens is 637 g/mol. The maximum Gasteiger partial charge on any atom is 0.410 e. The second-order valence-electron chi connectivity index (χ2n) is 11.8. The molecule has 1 unspecified atom stereocenters. The van der Waals surface area contributed by atoms with Gasteiger partial charge in [-0.15, -0.1) is 0 Å². The van der Waals surface area contributed by atoms with Crippen LogP contribution in [-0.2, 0) is 17.7 Å². The number of β-amino-alcohol motifs (C(OH)–C–C–N with tert-alkyl or cyclic N) is 1. The fourth-order valence-corrected chi connectivity index (χ4v) is 6.32. The highest BCUT2D eigenvalue weighted by Crippen LogP contribution is 2.38. The number of aromatic nitrogens is 1. The quantitative estimate of drug-likeness (QED) is 0.468. The summed E-state index contributed by atoms with van der Waals surface area (Å²) < 4.78 is 37.6. The highest BCUT2D eigenvalue weighted by atomic mass is 127. The van der Waals surface area contributed by atoms with E-state index in [0.29, 0.717) is 35.1 Å². The summed E-state index contributed by atoms with van der Waals surface area (Å²) in [6.45, 7) is 5.89. The van der Waals surface area contributed by atoms with Gasteiger partial charge in [0.1, 0.15) is 17.0 Å². The van der Waals surface area contributed by atoms with Crippen molar-refractivity contribution in [1.82, 2.24) is 14.4 Å². The van der Waals surface area contributed by atoms with Crippen LogP contribution in [0.2, 0.25) is 0 Å². The Bertz CT molecular complexity index is 1420. The normalized spacial score (nSPS) is 20.1. The Labute approximate surface area is 244 Å². The predicted molar refractivity (Wildman–Crippen MR) is 153 cm³/mol. The Balaban J connectivity index is 1.44. The van der Waals surface area contributed by atoms with Crippen LogP contribution >= 0.6 is 22.6 Å². The van der Waals surface area contributed by atoms with Crippen LogP contribution in [0.4, 0.5) is 25.0 Å². The van der Waals surface area contributed by atoms with Gasteiger partial charge in [-0.25, -0.2) is 9.18 Å². The van der Waals surface area contributed by atoms with Gasteiger partial charge in [0, 0.05) is 22.4 Å². The highest BCUT2D eigenvalue weighted by molar-refractivity contribution is 14.1. The second-order valence-corrected chi connectivity index (χ2v) is 13.0. The summed E-state index contributed by atoms with van der Waals surface area (Å²) in [5, 5.41) is 14.2. The number of hydrogen-bond acceptors (Lipinski definition) is 6. The van der Waals surface area contributed by atoms with Gasteiger partial charge in [0.15, 0.2) is 0 Å². The number of benzene rings is 1. The molecule has 1 aromatic heterocycles. The zero-order chi connectivity index (χ0) is 29.0. The largest absolute Gasteiger partial charge is 0.444 e. The molecule has 4 heterocycles. The van der Waals surface area contributed by atoms with E-state index in [1.165, 1.54) is 21.6 Å². The van der Waals surface area contributed by atoms with Gasteiger partial charge in [0.2, 0.25) is 5.82 Å². The molecule has 1 atom stereocenters. The number of nitrogens with one attached hydrogen (secondary N) is 1. The van der Waals surface area contributed by atoms with E-state index in [0.717, 1.165) is 12.8 Å². The van der Waals surface area contributed by atoms with Crippen LogP contribution in [0.25, 0.3) is 0 Å². The summed E-state index contributed by atoms with van der Waals surface area (Å²) in [6.07, 6.45) is 2.59. The van der Waals surface area contributed by atoms with Crippen molar-refractivity contribution in [1.29, 1.82) is 0 Å². The van der Waals surface area contributed by atoms with E-state index in [1.807, 2.05) is 22.6 Å². The third-order valence-corrected chi connectivity index (χ3v) is 8.36. The molecule has 0 bridgehead atoms. The SMILES string of the molecule is CC(C)(C)OC(=O)N1CCCCC1C1(O)CN(C(=O)c2c(Nc3ccc(I)cc3F)c(F)c(=O)n3c2CCC3)C1. The van der Waals surface area contributed by atoms with Gasteiger partial charge in [-0.2, -0.15) is 4.39 Å². The summed E-state index contributed by atoms with van der Waals surface area (Å²) in [4.78, 5) is 42.5. The van der Waals surface area contributed by atoms with Gasteiger partial charge < -0.3 is 29.5 Å². The molecule has 12 heteroatoms. The standard InChI is InChI=1S/C28H33F2IN4O5/c1-27(2,3)40-26(38)35-11-5-4-8-20(35)28(39)14-33(15-28)24(36)21-19-7-6-12-34(19)25(37)22(30)23(21)32-18-10-9-16(31)13-17(18)29/h9-10,13,20,32,39H,4-8,11-12,14-15H2,1-3H3. The van der Waals surface area contributed by atoms with E-state index in [4.69, 9.17) is 4.74 Å². The molecule has 0 radical (unpaired) electrons. The number of aliphatic hydroxyl groups is 1. The molecule has 216 valence electrons. The summed E-state index contributed by atoms with van der Waals surface area (Å²) in [5.74, 6) is -2.38. The molecule has 0 spiro atoms. The van der Waals surface area contributed by atoms with Crippen LogP contribution in [0.15, 0.2) is 23.0 Å². The molecule has 0 saturated carbocycles. The molecule has 2 saturated heterocycles. The molecule has 2 aromatic rings.